The van der Waals surface area contributed by atoms with Crippen LogP contribution in [0, 0.1) is 0 Å². The van der Waals surface area contributed by atoms with Crippen LogP contribution >= 0.6 is 0 Å². The number of rotatable bonds is 4. The number of phenolic OH excluding ortho intramolecular Hbond substituents is 2. The van der Waals surface area contributed by atoms with Gasteiger partial charge < -0.3 is 20.6 Å². The summed E-state index contributed by atoms with van der Waals surface area (Å²) in [5.41, 5.74) is 1.72. The largest absolute Gasteiger partial charge is 0.508 e. The molecule has 1 amide bonds. The second-order valence-corrected chi connectivity index (χ2v) is 4.36. The van der Waals surface area contributed by atoms with Crippen molar-refractivity contribution in [2.45, 2.75) is 13.2 Å². The fourth-order valence-electron chi connectivity index (χ4n) is 1.83. The average molecular weight is 273 g/mol. The van der Waals surface area contributed by atoms with Gasteiger partial charge in [-0.1, -0.05) is 24.3 Å². The van der Waals surface area contributed by atoms with Gasteiger partial charge in [0.05, 0.1) is 12.2 Å². The van der Waals surface area contributed by atoms with E-state index in [0.717, 1.165) is 17.2 Å². The molecule has 0 spiro atoms. The first-order chi connectivity index (χ1) is 9.60. The van der Waals surface area contributed by atoms with Gasteiger partial charge in [-0.25, -0.2) is 0 Å². The van der Waals surface area contributed by atoms with Crippen LogP contribution < -0.4 is 5.32 Å². The summed E-state index contributed by atoms with van der Waals surface area (Å²) in [6.45, 7) is 0.230. The van der Waals surface area contributed by atoms with E-state index in [1.165, 1.54) is 12.1 Å². The van der Waals surface area contributed by atoms with E-state index in [-0.39, 0.29) is 30.2 Å². The van der Waals surface area contributed by atoms with Gasteiger partial charge in [0, 0.05) is 12.6 Å². The normalized spacial score (nSPS) is 10.2. The number of hydrogen-bond acceptors (Lipinski definition) is 4. The Morgan fingerprint density at radius 1 is 1.05 bits per heavy atom. The summed E-state index contributed by atoms with van der Waals surface area (Å²) >= 11 is 0. The molecule has 0 aromatic heterocycles. The van der Waals surface area contributed by atoms with Gasteiger partial charge in [0.1, 0.15) is 11.5 Å². The first-order valence-corrected chi connectivity index (χ1v) is 6.09. The molecule has 0 aliphatic heterocycles. The Morgan fingerprint density at radius 3 is 2.50 bits per heavy atom. The third-order valence-electron chi connectivity index (χ3n) is 2.85. The summed E-state index contributed by atoms with van der Waals surface area (Å²) in [5, 5.41) is 30.5. The Bertz CT molecular complexity index is 625. The number of carbonyl (C=O) groups is 1. The number of benzene rings is 2. The summed E-state index contributed by atoms with van der Waals surface area (Å²) in [7, 11) is 0. The Morgan fingerprint density at radius 2 is 1.80 bits per heavy atom. The lowest BCUT2D eigenvalue weighted by Crippen LogP contribution is -2.22. The molecule has 0 radical (unpaired) electrons. The van der Waals surface area contributed by atoms with Crippen molar-refractivity contribution in [3.63, 3.8) is 0 Å². The molecule has 0 bridgehead atoms. The van der Waals surface area contributed by atoms with Crippen molar-refractivity contribution < 1.29 is 20.1 Å². The molecule has 2 aromatic carbocycles. The van der Waals surface area contributed by atoms with Crippen LogP contribution in [0.4, 0.5) is 0 Å². The first-order valence-electron chi connectivity index (χ1n) is 6.09. The lowest BCUT2D eigenvalue weighted by atomic mass is 10.1. The van der Waals surface area contributed by atoms with Gasteiger partial charge in [-0.15, -0.1) is 0 Å². The number of aliphatic hydroxyl groups excluding tert-OH is 1. The fourth-order valence-corrected chi connectivity index (χ4v) is 1.83. The molecule has 0 heterocycles. The molecule has 20 heavy (non-hydrogen) atoms. The van der Waals surface area contributed by atoms with Gasteiger partial charge in [-0.05, 0) is 23.3 Å². The van der Waals surface area contributed by atoms with Crippen LogP contribution in [-0.2, 0) is 13.2 Å². The van der Waals surface area contributed by atoms with Crippen LogP contribution in [0.3, 0.4) is 0 Å². The highest BCUT2D eigenvalue weighted by Gasteiger charge is 2.11. The predicted octanol–water partition coefficient (Wildman–Crippen LogP) is 1.52. The molecule has 0 saturated heterocycles. The van der Waals surface area contributed by atoms with Crippen molar-refractivity contribution in [3.8, 4) is 11.5 Å². The molecule has 0 unspecified atom stereocenters. The number of hydrogen-bond donors (Lipinski definition) is 4. The van der Waals surface area contributed by atoms with E-state index in [1.54, 1.807) is 18.2 Å². The number of aliphatic hydroxyl groups is 1. The quantitative estimate of drug-likeness (QED) is 0.680. The summed E-state index contributed by atoms with van der Waals surface area (Å²) in [6.07, 6.45) is 0. The lowest BCUT2D eigenvalue weighted by molar-refractivity contribution is 0.0948. The molecule has 5 nitrogen and oxygen atoms in total. The van der Waals surface area contributed by atoms with Gasteiger partial charge in [0.15, 0.2) is 0 Å². The Balaban J connectivity index is 2.04. The highest BCUT2D eigenvalue weighted by atomic mass is 16.3. The fraction of sp³-hybridized carbons (Fsp3) is 0.133. The molecule has 0 aliphatic carbocycles. The highest BCUT2D eigenvalue weighted by Crippen LogP contribution is 2.22. The van der Waals surface area contributed by atoms with E-state index < -0.39 is 5.91 Å². The molecule has 2 rings (SSSR count). The second-order valence-electron chi connectivity index (χ2n) is 4.36. The van der Waals surface area contributed by atoms with Crippen LogP contribution in [0.15, 0.2) is 42.5 Å². The number of phenols is 2. The maximum atomic E-state index is 11.9. The zero-order valence-electron chi connectivity index (χ0n) is 10.7. The Kier molecular flexibility index (Phi) is 4.22. The van der Waals surface area contributed by atoms with Crippen LogP contribution in [0.1, 0.15) is 21.5 Å². The molecule has 5 heteroatoms. The van der Waals surface area contributed by atoms with E-state index >= 15 is 0 Å². The smallest absolute Gasteiger partial charge is 0.255 e. The minimum Gasteiger partial charge on any atom is -0.508 e. The van der Waals surface area contributed by atoms with E-state index in [4.69, 9.17) is 10.2 Å². The van der Waals surface area contributed by atoms with Crippen molar-refractivity contribution >= 4 is 5.91 Å². The van der Waals surface area contributed by atoms with Crippen molar-refractivity contribution in [1.82, 2.24) is 5.32 Å². The zero-order valence-corrected chi connectivity index (χ0v) is 10.7. The maximum absolute atomic E-state index is 11.9. The zero-order chi connectivity index (χ0) is 14.5. The molecule has 2 aromatic rings. The van der Waals surface area contributed by atoms with Gasteiger partial charge in [-0.2, -0.15) is 0 Å². The van der Waals surface area contributed by atoms with Crippen LogP contribution in [0.25, 0.3) is 0 Å². The van der Waals surface area contributed by atoms with Crippen molar-refractivity contribution in [1.29, 1.82) is 0 Å². The van der Waals surface area contributed by atoms with Crippen molar-refractivity contribution in [2.75, 3.05) is 0 Å². The van der Waals surface area contributed by atoms with Crippen LogP contribution in [0.5, 0.6) is 11.5 Å². The minimum absolute atomic E-state index is 0.0550. The van der Waals surface area contributed by atoms with Crippen molar-refractivity contribution in [3.05, 3.63) is 59.2 Å². The maximum Gasteiger partial charge on any atom is 0.255 e. The molecule has 0 atom stereocenters. The monoisotopic (exact) mass is 273 g/mol. The van der Waals surface area contributed by atoms with Crippen LogP contribution in [-0.4, -0.2) is 21.2 Å². The Labute approximate surface area is 116 Å². The molecule has 0 aliphatic rings. The van der Waals surface area contributed by atoms with Crippen LogP contribution in [0.2, 0.25) is 0 Å². The number of carbonyl (C=O) groups excluding carboxylic acids is 1. The van der Waals surface area contributed by atoms with E-state index in [2.05, 4.69) is 5.32 Å². The minimum atomic E-state index is -0.433. The first kappa shape index (κ1) is 13.9. The summed E-state index contributed by atoms with van der Waals surface area (Å²) < 4.78 is 0. The van der Waals surface area contributed by atoms with E-state index in [0.29, 0.717) is 0 Å². The average Bonchev–Trinajstić information content (AvgIpc) is 2.45. The van der Waals surface area contributed by atoms with Gasteiger partial charge in [0.25, 0.3) is 5.91 Å². The highest BCUT2D eigenvalue weighted by molar-refractivity contribution is 5.96. The molecule has 0 fully saturated rings. The Hall–Kier alpha value is -2.53. The predicted molar refractivity (Wildman–Crippen MR) is 73.3 cm³/mol. The standard InChI is InChI=1S/C15H15NO4/c17-9-11-3-1-2-10(6-11)8-16-15(20)13-5-4-12(18)7-14(13)19/h1-7,17-19H,8-9H2,(H,16,20). The topological polar surface area (TPSA) is 89.8 Å². The van der Waals surface area contributed by atoms with Gasteiger partial charge >= 0.3 is 0 Å². The third-order valence-corrected chi connectivity index (χ3v) is 2.85. The summed E-state index contributed by atoms with van der Waals surface area (Å²) in [6, 6.07) is 11.0. The number of aromatic hydroxyl groups is 2. The summed E-state index contributed by atoms with van der Waals surface area (Å²) in [5.74, 6) is -0.807. The molecule has 4 N–H and O–H groups in total. The van der Waals surface area contributed by atoms with Gasteiger partial charge in [0.2, 0.25) is 0 Å². The SMILES string of the molecule is O=C(NCc1cccc(CO)c1)c1ccc(O)cc1O. The summed E-state index contributed by atoms with van der Waals surface area (Å²) in [4.78, 5) is 11.9. The molecule has 0 saturated carbocycles. The molecular weight excluding hydrogens is 258 g/mol. The van der Waals surface area contributed by atoms with E-state index in [1.807, 2.05) is 6.07 Å². The third kappa shape index (κ3) is 3.27. The molecular formula is C15H15NO4. The number of nitrogens with one attached hydrogen (secondary N) is 1. The number of amides is 1. The lowest BCUT2D eigenvalue weighted by Gasteiger charge is -2.08. The molecule has 104 valence electrons. The van der Waals surface area contributed by atoms with Gasteiger partial charge in [-0.3, -0.25) is 4.79 Å². The second kappa shape index (κ2) is 6.08. The van der Waals surface area contributed by atoms with E-state index in [9.17, 15) is 9.90 Å². The van der Waals surface area contributed by atoms with Crippen molar-refractivity contribution in [2.24, 2.45) is 0 Å².